The first-order chi connectivity index (χ1) is 10.5. The number of methoxy groups -OCH3 is 2. The third-order valence-corrected chi connectivity index (χ3v) is 3.34. The van der Waals surface area contributed by atoms with Crippen LogP contribution in [-0.2, 0) is 0 Å². The molecule has 0 aromatic heterocycles. The van der Waals surface area contributed by atoms with Gasteiger partial charge in [0.05, 0.1) is 26.5 Å². The quantitative estimate of drug-likeness (QED) is 0.830. The molecule has 0 bridgehead atoms. The van der Waals surface area contributed by atoms with Gasteiger partial charge in [-0.25, -0.2) is 4.39 Å². The zero-order valence-corrected chi connectivity index (χ0v) is 12.8. The number of carbonyl (C=O) groups is 1. The first-order valence-electron chi connectivity index (χ1n) is 6.80. The summed E-state index contributed by atoms with van der Waals surface area (Å²) < 4.78 is 23.9. The highest BCUT2D eigenvalue weighted by Gasteiger charge is 2.10. The van der Waals surface area contributed by atoms with Crippen molar-refractivity contribution in [3.05, 3.63) is 53.3 Å². The monoisotopic (exact) mass is 303 g/mol. The predicted molar refractivity (Wildman–Crippen MR) is 83.5 cm³/mol. The Balaban J connectivity index is 2.09. The Bertz CT molecular complexity index is 686. The Kier molecular flexibility index (Phi) is 4.99. The molecule has 0 heterocycles. The van der Waals surface area contributed by atoms with E-state index in [1.165, 1.54) is 13.2 Å². The Morgan fingerprint density at radius 1 is 1.14 bits per heavy atom. The molecule has 2 aromatic carbocycles. The summed E-state index contributed by atoms with van der Waals surface area (Å²) in [7, 11) is 3.11. The fraction of sp³-hybridized carbons (Fsp3) is 0.235. The van der Waals surface area contributed by atoms with Crippen LogP contribution in [0.5, 0.6) is 11.5 Å². The molecule has 0 amide bonds. The topological polar surface area (TPSA) is 47.6 Å². The third-order valence-electron chi connectivity index (χ3n) is 3.34. The van der Waals surface area contributed by atoms with E-state index in [4.69, 9.17) is 9.47 Å². The fourth-order valence-corrected chi connectivity index (χ4v) is 1.99. The SMILES string of the molecule is COc1ccc(NCC(=O)c2ccc(C)c(F)c2)c(OC)c1. The van der Waals surface area contributed by atoms with Crippen molar-refractivity contribution in [3.63, 3.8) is 0 Å². The number of carbonyl (C=O) groups excluding carboxylic acids is 1. The molecule has 1 N–H and O–H groups in total. The van der Waals surface area contributed by atoms with Crippen molar-refractivity contribution >= 4 is 11.5 Å². The van der Waals surface area contributed by atoms with E-state index in [9.17, 15) is 9.18 Å². The van der Waals surface area contributed by atoms with Crippen LogP contribution in [0.25, 0.3) is 0 Å². The molecule has 0 saturated heterocycles. The Hall–Kier alpha value is -2.56. The molecule has 0 atom stereocenters. The Morgan fingerprint density at radius 3 is 2.55 bits per heavy atom. The van der Waals surface area contributed by atoms with E-state index in [1.54, 1.807) is 44.4 Å². The number of hydrogen-bond acceptors (Lipinski definition) is 4. The molecule has 0 unspecified atom stereocenters. The van der Waals surface area contributed by atoms with Crippen molar-refractivity contribution in [1.82, 2.24) is 0 Å². The van der Waals surface area contributed by atoms with Crippen LogP contribution < -0.4 is 14.8 Å². The van der Waals surface area contributed by atoms with E-state index >= 15 is 0 Å². The maximum Gasteiger partial charge on any atom is 0.181 e. The molecular weight excluding hydrogens is 285 g/mol. The van der Waals surface area contributed by atoms with Gasteiger partial charge in [-0.2, -0.15) is 0 Å². The highest BCUT2D eigenvalue weighted by Crippen LogP contribution is 2.28. The van der Waals surface area contributed by atoms with Crippen LogP contribution in [0.15, 0.2) is 36.4 Å². The average Bonchev–Trinajstić information content (AvgIpc) is 2.54. The van der Waals surface area contributed by atoms with Crippen LogP contribution >= 0.6 is 0 Å². The minimum absolute atomic E-state index is 0.0468. The van der Waals surface area contributed by atoms with Crippen molar-refractivity contribution in [2.75, 3.05) is 26.1 Å². The molecule has 0 aliphatic heterocycles. The van der Waals surface area contributed by atoms with Crippen LogP contribution in [0, 0.1) is 12.7 Å². The average molecular weight is 303 g/mol. The minimum atomic E-state index is -0.382. The standard InChI is InChI=1S/C17H18FNO3/c1-11-4-5-12(8-14(11)18)16(20)10-19-15-7-6-13(21-2)9-17(15)22-3/h4-9,19H,10H2,1-3H3. The van der Waals surface area contributed by atoms with Crippen LogP contribution in [-0.4, -0.2) is 26.5 Å². The van der Waals surface area contributed by atoms with Gasteiger partial charge in [-0.3, -0.25) is 4.79 Å². The molecule has 0 spiro atoms. The summed E-state index contributed by atoms with van der Waals surface area (Å²) in [5.74, 6) is 0.654. The number of Topliss-reactive ketones (excluding diaryl/α,β-unsaturated/α-hetero) is 1. The van der Waals surface area contributed by atoms with Gasteiger partial charge in [0.15, 0.2) is 5.78 Å². The van der Waals surface area contributed by atoms with E-state index in [-0.39, 0.29) is 18.1 Å². The molecule has 2 rings (SSSR count). The number of aryl methyl sites for hydroxylation is 1. The Labute approximate surface area is 128 Å². The largest absolute Gasteiger partial charge is 0.497 e. The summed E-state index contributed by atoms with van der Waals surface area (Å²) in [5.41, 5.74) is 1.52. The van der Waals surface area contributed by atoms with Gasteiger partial charge in [-0.1, -0.05) is 12.1 Å². The highest BCUT2D eigenvalue weighted by molar-refractivity contribution is 5.99. The minimum Gasteiger partial charge on any atom is -0.497 e. The maximum atomic E-state index is 13.5. The van der Waals surface area contributed by atoms with Gasteiger partial charge >= 0.3 is 0 Å². The summed E-state index contributed by atoms with van der Waals surface area (Å²) in [4.78, 5) is 12.1. The molecule has 116 valence electrons. The van der Waals surface area contributed by atoms with Gasteiger partial charge in [-0.15, -0.1) is 0 Å². The van der Waals surface area contributed by atoms with Gasteiger partial charge in [0.25, 0.3) is 0 Å². The van der Waals surface area contributed by atoms with Crippen molar-refractivity contribution in [2.24, 2.45) is 0 Å². The van der Waals surface area contributed by atoms with Crippen LogP contribution in [0.4, 0.5) is 10.1 Å². The Morgan fingerprint density at radius 2 is 1.91 bits per heavy atom. The molecule has 0 radical (unpaired) electrons. The second kappa shape index (κ2) is 6.93. The van der Waals surface area contributed by atoms with E-state index in [2.05, 4.69) is 5.32 Å². The summed E-state index contributed by atoms with van der Waals surface area (Å²) in [6.45, 7) is 1.70. The van der Waals surface area contributed by atoms with E-state index in [0.717, 1.165) is 0 Å². The zero-order valence-electron chi connectivity index (χ0n) is 12.8. The molecule has 0 aliphatic carbocycles. The molecule has 2 aromatic rings. The van der Waals surface area contributed by atoms with E-state index < -0.39 is 0 Å². The van der Waals surface area contributed by atoms with Gasteiger partial charge < -0.3 is 14.8 Å². The summed E-state index contributed by atoms with van der Waals surface area (Å²) in [5, 5.41) is 3.00. The molecule has 0 fully saturated rings. The second-order valence-corrected chi connectivity index (χ2v) is 4.81. The fourth-order valence-electron chi connectivity index (χ4n) is 1.99. The van der Waals surface area contributed by atoms with Gasteiger partial charge in [0, 0.05) is 11.6 Å². The molecular formula is C17H18FNO3. The van der Waals surface area contributed by atoms with E-state index in [0.29, 0.717) is 28.3 Å². The first kappa shape index (κ1) is 15.8. The van der Waals surface area contributed by atoms with E-state index in [1.807, 2.05) is 0 Å². The zero-order chi connectivity index (χ0) is 16.1. The maximum absolute atomic E-state index is 13.5. The number of rotatable bonds is 6. The summed E-state index contributed by atoms with van der Waals surface area (Å²) in [6, 6.07) is 9.72. The molecule has 0 aliphatic rings. The van der Waals surface area contributed by atoms with Crippen LogP contribution in [0.3, 0.4) is 0 Å². The number of ether oxygens (including phenoxy) is 2. The number of halogens is 1. The van der Waals surface area contributed by atoms with Gasteiger partial charge in [0.1, 0.15) is 17.3 Å². The number of benzene rings is 2. The molecule has 0 saturated carbocycles. The lowest BCUT2D eigenvalue weighted by Crippen LogP contribution is -2.14. The van der Waals surface area contributed by atoms with Crippen molar-refractivity contribution in [2.45, 2.75) is 6.92 Å². The lowest BCUT2D eigenvalue weighted by Gasteiger charge is -2.12. The number of hydrogen-bond donors (Lipinski definition) is 1. The first-order valence-corrected chi connectivity index (χ1v) is 6.80. The van der Waals surface area contributed by atoms with Crippen molar-refractivity contribution < 1.29 is 18.7 Å². The molecule has 5 heteroatoms. The highest BCUT2D eigenvalue weighted by atomic mass is 19.1. The lowest BCUT2D eigenvalue weighted by molar-refractivity contribution is 0.101. The lowest BCUT2D eigenvalue weighted by atomic mass is 10.1. The summed E-state index contributed by atoms with van der Waals surface area (Å²) in [6.07, 6.45) is 0. The normalized spacial score (nSPS) is 10.2. The number of anilines is 1. The van der Waals surface area contributed by atoms with Crippen LogP contribution in [0.2, 0.25) is 0 Å². The van der Waals surface area contributed by atoms with Gasteiger partial charge in [0.2, 0.25) is 0 Å². The van der Waals surface area contributed by atoms with Gasteiger partial charge in [-0.05, 0) is 30.7 Å². The predicted octanol–water partition coefficient (Wildman–Crippen LogP) is 3.45. The number of nitrogens with one attached hydrogen (secondary N) is 1. The van der Waals surface area contributed by atoms with Crippen molar-refractivity contribution in [3.8, 4) is 11.5 Å². The molecule has 4 nitrogen and oxygen atoms in total. The van der Waals surface area contributed by atoms with Crippen LogP contribution in [0.1, 0.15) is 15.9 Å². The second-order valence-electron chi connectivity index (χ2n) is 4.81. The third kappa shape index (κ3) is 3.55. The van der Waals surface area contributed by atoms with Crippen molar-refractivity contribution in [1.29, 1.82) is 0 Å². The smallest absolute Gasteiger partial charge is 0.181 e. The summed E-state index contributed by atoms with van der Waals surface area (Å²) >= 11 is 0. The molecule has 22 heavy (non-hydrogen) atoms. The number of ketones is 1.